The average Bonchev–Trinajstić information content (AvgIpc) is 3.36. The minimum absolute atomic E-state index is 0.0519. The number of benzene rings is 3. The highest BCUT2D eigenvalue weighted by atomic mass is 32.2. The van der Waals surface area contributed by atoms with Crippen LogP contribution >= 0.6 is 11.8 Å². The number of aromatic amines is 1. The van der Waals surface area contributed by atoms with Gasteiger partial charge in [-0.2, -0.15) is 9.67 Å². The van der Waals surface area contributed by atoms with Gasteiger partial charge < -0.3 is 19.4 Å². The number of carbonyl (C=O) groups is 2. The number of hydrazone groups is 1. The molecule has 4 rings (SSSR count). The fraction of sp³-hybridized carbons (Fsp3) is 0.148. The second-order valence-corrected chi connectivity index (χ2v) is 8.71. The lowest BCUT2D eigenvalue weighted by Crippen LogP contribution is -2.34. The van der Waals surface area contributed by atoms with E-state index in [1.807, 2.05) is 66.1 Å². The summed E-state index contributed by atoms with van der Waals surface area (Å²) in [5, 5.41) is 22.8. The van der Waals surface area contributed by atoms with Gasteiger partial charge in [-0.15, -0.1) is 5.10 Å². The summed E-state index contributed by atoms with van der Waals surface area (Å²) in [7, 11) is 0. The summed E-state index contributed by atoms with van der Waals surface area (Å²) in [5.74, 6) is 0.213. The molecule has 1 amide bonds. The Bertz CT molecular complexity index is 1410. The van der Waals surface area contributed by atoms with Crippen molar-refractivity contribution in [2.45, 2.75) is 12.1 Å². The summed E-state index contributed by atoms with van der Waals surface area (Å²) in [6.45, 7) is 1.92. The third-order valence-corrected chi connectivity index (χ3v) is 6.05. The summed E-state index contributed by atoms with van der Waals surface area (Å²) >= 11 is 1.25. The molecule has 10 nitrogen and oxygen atoms in total. The molecule has 0 aliphatic heterocycles. The highest BCUT2D eigenvalue weighted by molar-refractivity contribution is 7.99. The number of H-pyrrole nitrogens is 1. The summed E-state index contributed by atoms with van der Waals surface area (Å²) in [5.41, 5.74) is 4.78. The fourth-order valence-corrected chi connectivity index (χ4v) is 4.23. The van der Waals surface area contributed by atoms with E-state index in [-0.39, 0.29) is 11.7 Å². The molecule has 0 bridgehead atoms. The second kappa shape index (κ2) is 13.1. The SMILES string of the molecule is CCOc1ccc(-[n+]2c(SCC(=O)NN=Cc3ccccc3OCC(=O)[O-])n[nH]c2-c2ccccc2)cc1. The maximum Gasteiger partial charge on any atom is 0.342 e. The maximum atomic E-state index is 12.5. The van der Waals surface area contributed by atoms with E-state index in [9.17, 15) is 14.7 Å². The molecule has 2 N–H and O–H groups in total. The van der Waals surface area contributed by atoms with Crippen LogP contribution in [0.3, 0.4) is 0 Å². The Hall–Kier alpha value is -4.64. The highest BCUT2D eigenvalue weighted by Crippen LogP contribution is 2.22. The van der Waals surface area contributed by atoms with Crippen molar-refractivity contribution in [1.82, 2.24) is 15.6 Å². The monoisotopic (exact) mass is 531 g/mol. The Morgan fingerprint density at radius 3 is 2.53 bits per heavy atom. The van der Waals surface area contributed by atoms with E-state index in [1.165, 1.54) is 18.0 Å². The Kier molecular flexibility index (Phi) is 9.08. The Morgan fingerprint density at radius 2 is 1.79 bits per heavy atom. The van der Waals surface area contributed by atoms with Crippen LogP contribution in [0.15, 0.2) is 89.1 Å². The van der Waals surface area contributed by atoms with Gasteiger partial charge in [0.25, 0.3) is 11.7 Å². The normalized spacial score (nSPS) is 10.9. The van der Waals surface area contributed by atoms with E-state index in [2.05, 4.69) is 20.7 Å². The molecule has 1 heterocycles. The summed E-state index contributed by atoms with van der Waals surface area (Å²) in [4.78, 5) is 23.2. The number of hydrogen-bond donors (Lipinski definition) is 2. The number of para-hydroxylation sites is 1. The van der Waals surface area contributed by atoms with Crippen LogP contribution in [0.5, 0.6) is 11.5 Å². The number of thioether (sulfide) groups is 1. The van der Waals surface area contributed by atoms with Crippen LogP contribution in [-0.2, 0) is 9.59 Å². The minimum Gasteiger partial charge on any atom is -0.546 e. The molecule has 0 atom stereocenters. The topological polar surface area (TPSA) is 133 Å². The lowest BCUT2D eigenvalue weighted by atomic mass is 10.2. The van der Waals surface area contributed by atoms with Crippen LogP contribution in [-0.4, -0.2) is 47.3 Å². The zero-order valence-electron chi connectivity index (χ0n) is 20.5. The van der Waals surface area contributed by atoms with Gasteiger partial charge in [-0.25, -0.2) is 5.43 Å². The third-order valence-electron chi connectivity index (χ3n) is 5.12. The molecule has 0 spiro atoms. The zero-order chi connectivity index (χ0) is 26.7. The number of carboxylic acids is 1. The number of carbonyl (C=O) groups excluding carboxylic acids is 2. The average molecular weight is 532 g/mol. The number of rotatable bonds is 12. The molecule has 3 aromatic carbocycles. The van der Waals surface area contributed by atoms with E-state index in [0.29, 0.717) is 23.1 Å². The molecule has 38 heavy (non-hydrogen) atoms. The van der Waals surface area contributed by atoms with Gasteiger partial charge in [-0.3, -0.25) is 4.79 Å². The molecule has 0 aliphatic rings. The molecule has 0 saturated carbocycles. The van der Waals surface area contributed by atoms with Crippen LogP contribution in [0.1, 0.15) is 12.5 Å². The van der Waals surface area contributed by atoms with Crippen LogP contribution in [0, 0.1) is 0 Å². The van der Waals surface area contributed by atoms with Crippen molar-refractivity contribution in [2.24, 2.45) is 5.10 Å². The molecular formula is C27H25N5O5S. The number of carboxylic acid groups (broad SMARTS) is 1. The van der Waals surface area contributed by atoms with Gasteiger partial charge in [0.2, 0.25) is 0 Å². The first kappa shape index (κ1) is 26.4. The Morgan fingerprint density at radius 1 is 1.05 bits per heavy atom. The number of hydrogen-bond acceptors (Lipinski definition) is 8. The lowest BCUT2D eigenvalue weighted by Gasteiger charge is -2.09. The van der Waals surface area contributed by atoms with Crippen molar-refractivity contribution in [1.29, 1.82) is 0 Å². The van der Waals surface area contributed by atoms with Crippen molar-refractivity contribution < 1.29 is 28.7 Å². The van der Waals surface area contributed by atoms with Crippen LogP contribution in [0.2, 0.25) is 0 Å². The first-order valence-electron chi connectivity index (χ1n) is 11.7. The molecular weight excluding hydrogens is 506 g/mol. The Labute approximate surface area is 223 Å². The predicted octanol–water partition coefficient (Wildman–Crippen LogP) is 2.12. The van der Waals surface area contributed by atoms with Crippen LogP contribution < -0.4 is 24.6 Å². The van der Waals surface area contributed by atoms with E-state index >= 15 is 0 Å². The first-order chi connectivity index (χ1) is 18.5. The quantitative estimate of drug-likeness (QED) is 0.124. The molecule has 1 aromatic heterocycles. The molecule has 0 radical (unpaired) electrons. The van der Waals surface area contributed by atoms with Gasteiger partial charge in [0.05, 0.1) is 35.2 Å². The van der Waals surface area contributed by atoms with Gasteiger partial charge >= 0.3 is 5.16 Å². The third kappa shape index (κ3) is 6.98. The smallest absolute Gasteiger partial charge is 0.342 e. The Balaban J connectivity index is 1.46. The number of nitrogens with zero attached hydrogens (tertiary/aromatic N) is 3. The zero-order valence-corrected chi connectivity index (χ0v) is 21.3. The number of amides is 1. The minimum atomic E-state index is -1.33. The van der Waals surface area contributed by atoms with Gasteiger partial charge in [0.1, 0.15) is 23.8 Å². The highest BCUT2D eigenvalue weighted by Gasteiger charge is 2.24. The van der Waals surface area contributed by atoms with Crippen molar-refractivity contribution in [3.8, 4) is 28.6 Å². The van der Waals surface area contributed by atoms with Crippen LogP contribution in [0.4, 0.5) is 0 Å². The summed E-state index contributed by atoms with van der Waals surface area (Å²) in [6.07, 6.45) is 1.38. The molecule has 0 saturated heterocycles. The second-order valence-electron chi connectivity index (χ2n) is 7.76. The molecule has 194 valence electrons. The molecule has 11 heteroatoms. The predicted molar refractivity (Wildman–Crippen MR) is 140 cm³/mol. The maximum absolute atomic E-state index is 12.5. The lowest BCUT2D eigenvalue weighted by molar-refractivity contribution is -0.625. The molecule has 4 aromatic rings. The number of nitrogens with one attached hydrogen (secondary N) is 2. The summed E-state index contributed by atoms with van der Waals surface area (Å²) in [6, 6.07) is 24.1. The molecule has 0 fully saturated rings. The molecule has 0 aliphatic carbocycles. The van der Waals surface area contributed by atoms with E-state index in [4.69, 9.17) is 9.47 Å². The number of aromatic nitrogens is 3. The summed E-state index contributed by atoms with van der Waals surface area (Å²) < 4.78 is 12.7. The first-order valence-corrected chi connectivity index (χ1v) is 12.7. The standard InChI is InChI=1S/C27H25N5O5S/c1-2-36-22-14-12-21(13-15-22)32-26(19-8-4-3-5-9-19)30-31-27(32)38-18-24(33)29-28-16-20-10-6-7-11-23(20)37-17-25(34)35/h3-16H,2,17-18H2,1H3,(H2,29,33,34,35). The van der Waals surface area contributed by atoms with E-state index < -0.39 is 12.6 Å². The van der Waals surface area contributed by atoms with Crippen molar-refractivity contribution >= 4 is 29.9 Å². The molecule has 0 unspecified atom stereocenters. The van der Waals surface area contributed by atoms with E-state index in [0.717, 1.165) is 22.8 Å². The number of ether oxygens (including phenoxy) is 2. The van der Waals surface area contributed by atoms with Crippen LogP contribution in [0.25, 0.3) is 17.1 Å². The largest absolute Gasteiger partial charge is 0.546 e. The van der Waals surface area contributed by atoms with Crippen molar-refractivity contribution in [3.63, 3.8) is 0 Å². The van der Waals surface area contributed by atoms with Gasteiger partial charge in [0, 0.05) is 5.56 Å². The fourth-order valence-electron chi connectivity index (χ4n) is 3.47. The van der Waals surface area contributed by atoms with Gasteiger partial charge in [-0.1, -0.05) is 30.3 Å². The van der Waals surface area contributed by atoms with Crippen molar-refractivity contribution in [2.75, 3.05) is 19.0 Å². The van der Waals surface area contributed by atoms with Gasteiger partial charge in [-0.05, 0) is 67.2 Å². The van der Waals surface area contributed by atoms with E-state index in [1.54, 1.807) is 24.3 Å². The van der Waals surface area contributed by atoms with Crippen molar-refractivity contribution in [3.05, 3.63) is 84.4 Å². The van der Waals surface area contributed by atoms with Gasteiger partial charge in [0.15, 0.2) is 0 Å². The number of aliphatic carboxylic acids is 1.